The van der Waals surface area contributed by atoms with Gasteiger partial charge in [0.15, 0.2) is 0 Å². The summed E-state index contributed by atoms with van der Waals surface area (Å²) in [5.74, 6) is 0. The monoisotopic (exact) mass is 250 g/mol. The number of aromatic nitrogens is 3. The van der Waals surface area contributed by atoms with Gasteiger partial charge >= 0.3 is 0 Å². The highest BCUT2D eigenvalue weighted by Gasteiger charge is 2.14. The molecule has 2 atom stereocenters. The summed E-state index contributed by atoms with van der Waals surface area (Å²) in [6, 6.07) is 0.693. The van der Waals surface area contributed by atoms with E-state index in [0.717, 1.165) is 12.2 Å². The molecule has 0 aliphatic heterocycles. The van der Waals surface area contributed by atoms with Gasteiger partial charge in [-0.2, -0.15) is 5.10 Å². The number of nitrogens with one attached hydrogen (secondary N) is 1. The molecule has 0 aliphatic carbocycles. The van der Waals surface area contributed by atoms with E-state index in [2.05, 4.69) is 47.7 Å². The minimum atomic E-state index is 0.335. The second kappa shape index (κ2) is 5.42. The first-order valence-electron chi connectivity index (χ1n) is 5.78. The van der Waals surface area contributed by atoms with Gasteiger partial charge in [-0.3, -0.25) is 4.68 Å². The Balaban J connectivity index is 1.89. The van der Waals surface area contributed by atoms with Crippen molar-refractivity contribution in [3.63, 3.8) is 0 Å². The van der Waals surface area contributed by atoms with Crippen molar-refractivity contribution in [2.45, 2.75) is 39.4 Å². The molecule has 2 rings (SSSR count). The van der Waals surface area contributed by atoms with E-state index in [9.17, 15) is 0 Å². The SMILES string of the molecule is Cc1cnn([C@H](C)[C@@H](C)NCc2cscn2)c1. The molecular formula is C12H18N4S. The van der Waals surface area contributed by atoms with Crippen LogP contribution in [0.4, 0.5) is 0 Å². The summed E-state index contributed by atoms with van der Waals surface area (Å²) in [5, 5.41) is 9.89. The summed E-state index contributed by atoms with van der Waals surface area (Å²) in [5.41, 5.74) is 4.16. The molecule has 2 heterocycles. The summed E-state index contributed by atoms with van der Waals surface area (Å²) in [6.45, 7) is 7.22. The van der Waals surface area contributed by atoms with E-state index in [1.54, 1.807) is 11.3 Å². The fraction of sp³-hybridized carbons (Fsp3) is 0.500. The molecule has 0 unspecified atom stereocenters. The van der Waals surface area contributed by atoms with Gasteiger partial charge in [0.25, 0.3) is 0 Å². The van der Waals surface area contributed by atoms with E-state index in [4.69, 9.17) is 0 Å². The van der Waals surface area contributed by atoms with Crippen LogP contribution in [-0.4, -0.2) is 20.8 Å². The Morgan fingerprint density at radius 1 is 1.47 bits per heavy atom. The molecule has 0 amide bonds. The van der Waals surface area contributed by atoms with Crippen LogP contribution in [0.1, 0.15) is 31.1 Å². The third-order valence-electron chi connectivity index (χ3n) is 2.96. The summed E-state index contributed by atoms with van der Waals surface area (Å²) >= 11 is 1.63. The second-order valence-corrected chi connectivity index (χ2v) is 5.11. The van der Waals surface area contributed by atoms with E-state index in [1.165, 1.54) is 5.56 Å². The Morgan fingerprint density at radius 3 is 2.88 bits per heavy atom. The van der Waals surface area contributed by atoms with Crippen molar-refractivity contribution in [1.82, 2.24) is 20.1 Å². The van der Waals surface area contributed by atoms with Crippen LogP contribution in [0.15, 0.2) is 23.3 Å². The summed E-state index contributed by atoms with van der Waals surface area (Å²) in [6.07, 6.45) is 3.97. The summed E-state index contributed by atoms with van der Waals surface area (Å²) < 4.78 is 2.01. The van der Waals surface area contributed by atoms with Crippen molar-refractivity contribution in [2.75, 3.05) is 0 Å². The van der Waals surface area contributed by atoms with Gasteiger partial charge in [0.1, 0.15) is 0 Å². The predicted molar refractivity (Wildman–Crippen MR) is 70.1 cm³/mol. The highest BCUT2D eigenvalue weighted by Crippen LogP contribution is 2.11. The van der Waals surface area contributed by atoms with Crippen LogP contribution in [0.25, 0.3) is 0 Å². The van der Waals surface area contributed by atoms with Gasteiger partial charge < -0.3 is 5.32 Å². The third-order valence-corrected chi connectivity index (χ3v) is 3.60. The molecular weight excluding hydrogens is 232 g/mol. The van der Waals surface area contributed by atoms with E-state index in [0.29, 0.717) is 12.1 Å². The van der Waals surface area contributed by atoms with Gasteiger partial charge in [-0.15, -0.1) is 11.3 Å². The van der Waals surface area contributed by atoms with Gasteiger partial charge in [-0.25, -0.2) is 4.98 Å². The molecule has 0 radical (unpaired) electrons. The van der Waals surface area contributed by atoms with Crippen LogP contribution in [0.5, 0.6) is 0 Å². The molecule has 0 aromatic carbocycles. The normalized spacial score (nSPS) is 14.8. The van der Waals surface area contributed by atoms with Gasteiger partial charge in [0.2, 0.25) is 0 Å². The largest absolute Gasteiger partial charge is 0.306 e. The van der Waals surface area contributed by atoms with E-state index < -0.39 is 0 Å². The fourth-order valence-electron chi connectivity index (χ4n) is 1.65. The molecule has 92 valence electrons. The maximum atomic E-state index is 4.34. The Labute approximate surface area is 106 Å². The molecule has 2 aromatic heterocycles. The highest BCUT2D eigenvalue weighted by atomic mass is 32.1. The van der Waals surface area contributed by atoms with Gasteiger partial charge in [0.05, 0.1) is 23.4 Å². The molecule has 5 heteroatoms. The predicted octanol–water partition coefficient (Wildman–Crippen LogP) is 2.39. The maximum Gasteiger partial charge on any atom is 0.0795 e. The summed E-state index contributed by atoms with van der Waals surface area (Å²) in [4.78, 5) is 4.26. The smallest absolute Gasteiger partial charge is 0.0795 e. The Hall–Kier alpha value is -1.20. The lowest BCUT2D eigenvalue weighted by molar-refractivity contribution is 0.364. The Kier molecular flexibility index (Phi) is 3.91. The quantitative estimate of drug-likeness (QED) is 0.886. The van der Waals surface area contributed by atoms with Crippen LogP contribution in [0, 0.1) is 6.92 Å². The van der Waals surface area contributed by atoms with E-state index in [1.807, 2.05) is 16.4 Å². The molecule has 0 bridgehead atoms. The van der Waals surface area contributed by atoms with E-state index in [-0.39, 0.29) is 0 Å². The third kappa shape index (κ3) is 3.14. The van der Waals surface area contributed by atoms with Crippen molar-refractivity contribution in [1.29, 1.82) is 0 Å². The highest BCUT2D eigenvalue weighted by molar-refractivity contribution is 7.07. The van der Waals surface area contributed by atoms with Crippen LogP contribution in [0.3, 0.4) is 0 Å². The van der Waals surface area contributed by atoms with Crippen LogP contribution < -0.4 is 5.32 Å². The molecule has 2 aromatic rings. The lowest BCUT2D eigenvalue weighted by atomic mass is 10.1. The second-order valence-electron chi connectivity index (χ2n) is 4.39. The molecule has 0 aliphatic rings. The lowest BCUT2D eigenvalue weighted by Crippen LogP contribution is -2.33. The molecule has 17 heavy (non-hydrogen) atoms. The van der Waals surface area contributed by atoms with Gasteiger partial charge in [-0.1, -0.05) is 0 Å². The first-order valence-corrected chi connectivity index (χ1v) is 6.72. The minimum Gasteiger partial charge on any atom is -0.306 e. The number of hydrogen-bond donors (Lipinski definition) is 1. The van der Waals surface area contributed by atoms with Crippen molar-refractivity contribution in [2.24, 2.45) is 0 Å². The average molecular weight is 250 g/mol. The zero-order chi connectivity index (χ0) is 12.3. The number of hydrogen-bond acceptors (Lipinski definition) is 4. The topological polar surface area (TPSA) is 42.7 Å². The average Bonchev–Trinajstić information content (AvgIpc) is 2.95. The zero-order valence-corrected chi connectivity index (χ0v) is 11.2. The van der Waals surface area contributed by atoms with Gasteiger partial charge in [0, 0.05) is 24.2 Å². The van der Waals surface area contributed by atoms with Crippen molar-refractivity contribution < 1.29 is 0 Å². The van der Waals surface area contributed by atoms with Crippen molar-refractivity contribution in [3.05, 3.63) is 34.5 Å². The standard InChI is InChI=1S/C12H18N4S/c1-9-4-15-16(6-9)11(3)10(2)13-5-12-7-17-8-14-12/h4,6-8,10-11,13H,5H2,1-3H3/t10-,11-/m1/s1. The number of aryl methyl sites for hydroxylation is 1. The number of thiazole rings is 1. The molecule has 0 saturated heterocycles. The fourth-order valence-corrected chi connectivity index (χ4v) is 2.20. The first kappa shape index (κ1) is 12.3. The lowest BCUT2D eigenvalue weighted by Gasteiger charge is -2.21. The molecule has 0 spiro atoms. The van der Waals surface area contributed by atoms with Gasteiger partial charge in [-0.05, 0) is 26.3 Å². The molecule has 1 N–H and O–H groups in total. The van der Waals surface area contributed by atoms with E-state index >= 15 is 0 Å². The van der Waals surface area contributed by atoms with Crippen molar-refractivity contribution in [3.8, 4) is 0 Å². The summed E-state index contributed by atoms with van der Waals surface area (Å²) in [7, 11) is 0. The zero-order valence-electron chi connectivity index (χ0n) is 10.4. The Morgan fingerprint density at radius 2 is 2.29 bits per heavy atom. The van der Waals surface area contributed by atoms with Crippen LogP contribution in [0.2, 0.25) is 0 Å². The number of rotatable bonds is 5. The maximum absolute atomic E-state index is 4.34. The molecule has 0 saturated carbocycles. The minimum absolute atomic E-state index is 0.335. The number of nitrogens with zero attached hydrogens (tertiary/aromatic N) is 3. The van der Waals surface area contributed by atoms with Crippen molar-refractivity contribution >= 4 is 11.3 Å². The first-order chi connectivity index (χ1) is 8.16. The van der Waals surface area contributed by atoms with Crippen LogP contribution in [-0.2, 0) is 6.54 Å². The Bertz CT molecular complexity index is 449. The van der Waals surface area contributed by atoms with Crippen LogP contribution >= 0.6 is 11.3 Å². The molecule has 0 fully saturated rings. The molecule has 4 nitrogen and oxygen atoms in total.